The number of rotatable bonds is 6. The molecule has 2 aromatic heterocycles. The number of halogens is 1. The lowest BCUT2D eigenvalue weighted by Crippen LogP contribution is -2.29. The largest absolute Gasteiger partial charge is 0.350 e. The highest BCUT2D eigenvalue weighted by Crippen LogP contribution is 2.30. The molecule has 4 aromatic rings. The molecule has 30 heavy (non-hydrogen) atoms. The number of nitrogens with zero attached hydrogens (tertiary/aromatic N) is 3. The highest BCUT2D eigenvalue weighted by molar-refractivity contribution is 6.33. The van der Waals surface area contributed by atoms with Crippen molar-refractivity contribution in [3.05, 3.63) is 81.9 Å². The lowest BCUT2D eigenvalue weighted by molar-refractivity contribution is -0.121. The van der Waals surface area contributed by atoms with Crippen LogP contribution in [0.3, 0.4) is 0 Å². The number of amides is 1. The van der Waals surface area contributed by atoms with E-state index in [0.717, 1.165) is 5.56 Å². The maximum Gasteiger partial charge on any atom is 0.266 e. The predicted octanol–water partition coefficient (Wildman–Crippen LogP) is 3.97. The van der Waals surface area contributed by atoms with Crippen LogP contribution in [0.5, 0.6) is 0 Å². The summed E-state index contributed by atoms with van der Waals surface area (Å²) in [6.07, 6.45) is 1.50. The minimum Gasteiger partial charge on any atom is -0.350 e. The molecule has 0 aliphatic rings. The van der Waals surface area contributed by atoms with E-state index in [9.17, 15) is 9.59 Å². The summed E-state index contributed by atoms with van der Waals surface area (Å²) >= 11 is 6.25. The number of hydrogen-bond donors (Lipinski definition) is 1. The molecule has 0 radical (unpaired) electrons. The van der Waals surface area contributed by atoms with Crippen LogP contribution in [-0.4, -0.2) is 20.6 Å². The van der Waals surface area contributed by atoms with Crippen molar-refractivity contribution in [2.45, 2.75) is 25.9 Å². The van der Waals surface area contributed by atoms with Crippen LogP contribution in [0.1, 0.15) is 24.9 Å². The number of nitrogens with one attached hydrogen (secondary N) is 1. The Hall–Kier alpha value is -3.45. The maximum atomic E-state index is 13.0. The van der Waals surface area contributed by atoms with Gasteiger partial charge in [-0.15, -0.1) is 0 Å². The summed E-state index contributed by atoms with van der Waals surface area (Å²) in [5.74, 6) is -0.157. The molecule has 0 unspecified atom stereocenters. The predicted molar refractivity (Wildman–Crippen MR) is 114 cm³/mol. The van der Waals surface area contributed by atoms with Crippen LogP contribution in [0.15, 0.2) is 70.2 Å². The van der Waals surface area contributed by atoms with E-state index in [2.05, 4.69) is 15.5 Å². The number of aromatic nitrogens is 3. The first-order valence-corrected chi connectivity index (χ1v) is 9.86. The second-order valence-electron chi connectivity index (χ2n) is 6.88. The average Bonchev–Trinajstić information content (AvgIpc) is 3.19. The van der Waals surface area contributed by atoms with Crippen LogP contribution >= 0.6 is 11.6 Å². The van der Waals surface area contributed by atoms with Gasteiger partial charge in [0, 0.05) is 18.5 Å². The number of fused-ring (bicyclic) bond motifs is 1. The SMILES string of the molecule is C[C@H](NC(=O)CCn1cnc2onc(-c3ccccc3Cl)c2c1=O)c1ccccc1. The molecule has 4 rings (SSSR count). The van der Waals surface area contributed by atoms with E-state index in [-0.39, 0.29) is 41.6 Å². The summed E-state index contributed by atoms with van der Waals surface area (Å²) in [6, 6.07) is 16.6. The van der Waals surface area contributed by atoms with Crippen molar-refractivity contribution in [2.24, 2.45) is 0 Å². The third-order valence-corrected chi connectivity index (χ3v) is 5.18. The molecule has 7 nitrogen and oxygen atoms in total. The zero-order valence-corrected chi connectivity index (χ0v) is 17.0. The summed E-state index contributed by atoms with van der Waals surface area (Å²) in [7, 11) is 0. The molecule has 1 N–H and O–H groups in total. The molecule has 0 aliphatic heterocycles. The average molecular weight is 423 g/mol. The summed E-state index contributed by atoms with van der Waals surface area (Å²) in [6.45, 7) is 2.10. The normalized spacial score (nSPS) is 12.1. The van der Waals surface area contributed by atoms with Gasteiger partial charge in [-0.3, -0.25) is 14.2 Å². The van der Waals surface area contributed by atoms with E-state index in [4.69, 9.17) is 16.1 Å². The zero-order valence-electron chi connectivity index (χ0n) is 16.2. The Balaban J connectivity index is 1.53. The van der Waals surface area contributed by atoms with Gasteiger partial charge in [-0.1, -0.05) is 65.3 Å². The third kappa shape index (κ3) is 3.97. The van der Waals surface area contributed by atoms with Crippen molar-refractivity contribution in [3.63, 3.8) is 0 Å². The smallest absolute Gasteiger partial charge is 0.266 e. The molecular formula is C22H19ClN4O3. The number of hydrogen-bond acceptors (Lipinski definition) is 5. The fourth-order valence-electron chi connectivity index (χ4n) is 3.24. The second kappa shape index (κ2) is 8.51. The van der Waals surface area contributed by atoms with Crippen molar-refractivity contribution in [3.8, 4) is 11.3 Å². The molecule has 0 saturated heterocycles. The van der Waals surface area contributed by atoms with Crippen LogP contribution in [0.2, 0.25) is 5.02 Å². The van der Waals surface area contributed by atoms with Crippen LogP contribution in [-0.2, 0) is 11.3 Å². The van der Waals surface area contributed by atoms with Crippen molar-refractivity contribution >= 4 is 28.6 Å². The molecule has 0 saturated carbocycles. The number of aryl methyl sites for hydroxylation is 1. The van der Waals surface area contributed by atoms with E-state index in [1.165, 1.54) is 10.9 Å². The molecule has 8 heteroatoms. The lowest BCUT2D eigenvalue weighted by atomic mass is 10.1. The first kappa shape index (κ1) is 19.8. The van der Waals surface area contributed by atoms with Crippen molar-refractivity contribution < 1.29 is 9.32 Å². The summed E-state index contributed by atoms with van der Waals surface area (Å²) in [5, 5.41) is 7.62. The van der Waals surface area contributed by atoms with E-state index < -0.39 is 0 Å². The van der Waals surface area contributed by atoms with Crippen molar-refractivity contribution in [1.82, 2.24) is 20.0 Å². The monoisotopic (exact) mass is 422 g/mol. The third-order valence-electron chi connectivity index (χ3n) is 4.85. The highest BCUT2D eigenvalue weighted by Gasteiger charge is 2.19. The Morgan fingerprint density at radius 2 is 1.90 bits per heavy atom. The molecular weight excluding hydrogens is 404 g/mol. The first-order chi connectivity index (χ1) is 14.5. The van der Waals surface area contributed by atoms with Crippen LogP contribution in [0, 0.1) is 0 Å². The van der Waals surface area contributed by atoms with E-state index in [1.807, 2.05) is 37.3 Å². The Bertz CT molecular complexity index is 1250. The number of carbonyl (C=O) groups is 1. The molecule has 0 fully saturated rings. The molecule has 1 amide bonds. The summed E-state index contributed by atoms with van der Waals surface area (Å²) < 4.78 is 6.59. The summed E-state index contributed by atoms with van der Waals surface area (Å²) in [4.78, 5) is 29.5. The van der Waals surface area contributed by atoms with Gasteiger partial charge in [0.15, 0.2) is 0 Å². The van der Waals surface area contributed by atoms with E-state index >= 15 is 0 Å². The Morgan fingerprint density at radius 3 is 2.67 bits per heavy atom. The second-order valence-corrected chi connectivity index (χ2v) is 7.29. The number of carbonyl (C=O) groups excluding carboxylic acids is 1. The molecule has 0 bridgehead atoms. The molecule has 0 spiro atoms. The van der Waals surface area contributed by atoms with Gasteiger partial charge < -0.3 is 9.84 Å². The molecule has 2 heterocycles. The fourth-order valence-corrected chi connectivity index (χ4v) is 3.46. The Labute approximate surface area is 177 Å². The lowest BCUT2D eigenvalue weighted by Gasteiger charge is -2.14. The van der Waals surface area contributed by atoms with Crippen molar-refractivity contribution in [2.75, 3.05) is 0 Å². The van der Waals surface area contributed by atoms with Crippen LogP contribution in [0.25, 0.3) is 22.4 Å². The molecule has 1 atom stereocenters. The molecule has 152 valence electrons. The quantitative estimate of drug-likeness (QED) is 0.507. The highest BCUT2D eigenvalue weighted by atomic mass is 35.5. The van der Waals surface area contributed by atoms with Crippen LogP contribution in [0.4, 0.5) is 0 Å². The van der Waals surface area contributed by atoms with Crippen LogP contribution < -0.4 is 10.9 Å². The number of benzene rings is 2. The van der Waals surface area contributed by atoms with Gasteiger partial charge in [0.1, 0.15) is 17.4 Å². The van der Waals surface area contributed by atoms with E-state index in [0.29, 0.717) is 16.3 Å². The van der Waals surface area contributed by atoms with Gasteiger partial charge in [0.05, 0.1) is 11.1 Å². The zero-order chi connectivity index (χ0) is 21.1. The van der Waals surface area contributed by atoms with Gasteiger partial charge in [0.2, 0.25) is 5.91 Å². The topological polar surface area (TPSA) is 90.0 Å². The molecule has 0 aliphatic carbocycles. The van der Waals surface area contributed by atoms with Gasteiger partial charge in [-0.05, 0) is 18.6 Å². The Kier molecular flexibility index (Phi) is 5.63. The summed E-state index contributed by atoms with van der Waals surface area (Å²) in [5.41, 5.74) is 1.74. The first-order valence-electron chi connectivity index (χ1n) is 9.48. The van der Waals surface area contributed by atoms with Gasteiger partial charge in [-0.25, -0.2) is 4.98 Å². The van der Waals surface area contributed by atoms with E-state index in [1.54, 1.807) is 24.3 Å². The minimum absolute atomic E-state index is 0.124. The van der Waals surface area contributed by atoms with Crippen molar-refractivity contribution in [1.29, 1.82) is 0 Å². The van der Waals surface area contributed by atoms with Gasteiger partial charge in [0.25, 0.3) is 11.3 Å². The standard InChI is InChI=1S/C22H19ClN4O3/c1-14(15-7-3-2-4-8-15)25-18(28)11-12-27-13-24-21-19(22(27)29)20(26-30-21)16-9-5-6-10-17(16)23/h2-10,13-14H,11-12H2,1H3,(H,25,28)/t14-/m0/s1. The minimum atomic E-state index is -0.333. The maximum absolute atomic E-state index is 13.0. The molecule has 2 aromatic carbocycles. The van der Waals surface area contributed by atoms with Gasteiger partial charge in [-0.2, -0.15) is 0 Å². The fraction of sp³-hybridized carbons (Fsp3) is 0.182. The van der Waals surface area contributed by atoms with Gasteiger partial charge >= 0.3 is 0 Å². The Morgan fingerprint density at radius 1 is 1.17 bits per heavy atom.